The van der Waals surface area contributed by atoms with E-state index in [4.69, 9.17) is 5.11 Å². The van der Waals surface area contributed by atoms with Gasteiger partial charge in [-0.3, -0.25) is 4.79 Å². The minimum absolute atomic E-state index is 0.117. The smallest absolute Gasteiger partial charge is 0.222 e. The van der Waals surface area contributed by atoms with Crippen LogP contribution < -0.4 is 0 Å². The molecule has 1 amide bonds. The van der Waals surface area contributed by atoms with Crippen LogP contribution in [0.1, 0.15) is 39.5 Å². The van der Waals surface area contributed by atoms with Gasteiger partial charge in [0, 0.05) is 25.6 Å². The minimum Gasteiger partial charge on any atom is -0.396 e. The number of rotatable bonds is 4. The fourth-order valence-corrected chi connectivity index (χ4v) is 2.17. The van der Waals surface area contributed by atoms with E-state index in [9.17, 15) is 4.79 Å². The molecule has 1 unspecified atom stereocenters. The van der Waals surface area contributed by atoms with E-state index in [1.807, 2.05) is 4.90 Å². The van der Waals surface area contributed by atoms with Gasteiger partial charge in [-0.25, -0.2) is 0 Å². The lowest BCUT2D eigenvalue weighted by Crippen LogP contribution is -2.38. The van der Waals surface area contributed by atoms with E-state index in [0.717, 1.165) is 19.4 Å². The standard InChI is InChI=1S/C11H21NO2/c1-9(2)10-5-3-7-12(10)11(14)6-4-8-13/h9-10,13H,3-8H2,1-2H3. The Balaban J connectivity index is 2.45. The van der Waals surface area contributed by atoms with E-state index >= 15 is 0 Å². The van der Waals surface area contributed by atoms with Crippen LogP contribution in [0.15, 0.2) is 0 Å². The lowest BCUT2D eigenvalue weighted by atomic mass is 10.0. The highest BCUT2D eigenvalue weighted by Crippen LogP contribution is 2.24. The molecule has 0 radical (unpaired) electrons. The maximum atomic E-state index is 11.7. The van der Waals surface area contributed by atoms with Crippen LogP contribution in [-0.2, 0) is 4.79 Å². The van der Waals surface area contributed by atoms with Crippen LogP contribution >= 0.6 is 0 Å². The number of aliphatic hydroxyl groups is 1. The topological polar surface area (TPSA) is 40.5 Å². The van der Waals surface area contributed by atoms with Crippen LogP contribution in [0, 0.1) is 5.92 Å². The number of hydrogen-bond donors (Lipinski definition) is 1. The first-order valence-electron chi connectivity index (χ1n) is 5.57. The van der Waals surface area contributed by atoms with Crippen LogP contribution in [0.2, 0.25) is 0 Å². The Kier molecular flexibility index (Phi) is 4.39. The monoisotopic (exact) mass is 199 g/mol. The molecule has 1 aliphatic rings. The minimum atomic E-state index is 0.117. The van der Waals surface area contributed by atoms with Crippen LogP contribution in [0.5, 0.6) is 0 Å². The molecule has 3 heteroatoms. The van der Waals surface area contributed by atoms with Gasteiger partial charge in [0.15, 0.2) is 0 Å². The molecule has 0 aromatic rings. The maximum Gasteiger partial charge on any atom is 0.222 e. The summed E-state index contributed by atoms with van der Waals surface area (Å²) in [6, 6.07) is 0.432. The molecule has 82 valence electrons. The zero-order valence-corrected chi connectivity index (χ0v) is 9.20. The SMILES string of the molecule is CC(C)C1CCCN1C(=O)CCCO. The van der Waals surface area contributed by atoms with E-state index in [1.54, 1.807) is 0 Å². The number of nitrogens with zero attached hydrogens (tertiary/aromatic N) is 1. The molecule has 0 spiro atoms. The molecule has 1 atom stereocenters. The van der Waals surface area contributed by atoms with Gasteiger partial charge in [-0.15, -0.1) is 0 Å². The van der Waals surface area contributed by atoms with Crippen molar-refractivity contribution in [2.45, 2.75) is 45.6 Å². The van der Waals surface area contributed by atoms with E-state index in [2.05, 4.69) is 13.8 Å². The molecule has 0 aromatic heterocycles. The lowest BCUT2D eigenvalue weighted by Gasteiger charge is -2.27. The summed E-state index contributed by atoms with van der Waals surface area (Å²) in [5.41, 5.74) is 0. The summed E-state index contributed by atoms with van der Waals surface area (Å²) in [7, 11) is 0. The number of carbonyl (C=O) groups excluding carboxylic acids is 1. The Morgan fingerprint density at radius 1 is 1.57 bits per heavy atom. The second-order valence-corrected chi connectivity index (χ2v) is 4.37. The van der Waals surface area contributed by atoms with Gasteiger partial charge in [0.2, 0.25) is 5.91 Å². The summed E-state index contributed by atoms with van der Waals surface area (Å²) in [5.74, 6) is 0.769. The molecule has 1 rings (SSSR count). The summed E-state index contributed by atoms with van der Waals surface area (Å²) >= 11 is 0. The third-order valence-electron chi connectivity index (χ3n) is 2.94. The average Bonchev–Trinajstić information content (AvgIpc) is 2.62. The van der Waals surface area contributed by atoms with E-state index in [-0.39, 0.29) is 12.5 Å². The molecule has 1 N–H and O–H groups in total. The molecule has 0 saturated carbocycles. The van der Waals surface area contributed by atoms with Crippen LogP contribution in [0.3, 0.4) is 0 Å². The van der Waals surface area contributed by atoms with Crippen molar-refractivity contribution < 1.29 is 9.90 Å². The predicted molar refractivity (Wildman–Crippen MR) is 55.9 cm³/mol. The summed E-state index contributed by atoms with van der Waals surface area (Å²) in [5, 5.41) is 8.66. The second kappa shape index (κ2) is 5.35. The van der Waals surface area contributed by atoms with Crippen LogP contribution in [0.4, 0.5) is 0 Å². The normalized spacial score (nSPS) is 22.0. The molecular formula is C11H21NO2. The Bertz CT molecular complexity index is 192. The molecule has 0 aliphatic carbocycles. The number of aliphatic hydroxyl groups excluding tert-OH is 1. The Hall–Kier alpha value is -0.570. The number of hydrogen-bond acceptors (Lipinski definition) is 2. The molecule has 14 heavy (non-hydrogen) atoms. The summed E-state index contributed by atoms with van der Waals surface area (Å²) < 4.78 is 0. The number of likely N-dealkylation sites (tertiary alicyclic amines) is 1. The Morgan fingerprint density at radius 3 is 2.86 bits per heavy atom. The maximum absolute atomic E-state index is 11.7. The van der Waals surface area contributed by atoms with Gasteiger partial charge >= 0.3 is 0 Å². The molecule has 0 bridgehead atoms. The largest absolute Gasteiger partial charge is 0.396 e. The lowest BCUT2D eigenvalue weighted by molar-refractivity contribution is -0.133. The number of amides is 1. The molecular weight excluding hydrogens is 178 g/mol. The summed E-state index contributed by atoms with van der Waals surface area (Å²) in [4.78, 5) is 13.7. The Labute approximate surface area is 86.1 Å². The second-order valence-electron chi connectivity index (χ2n) is 4.37. The predicted octanol–water partition coefficient (Wildman–Crippen LogP) is 1.41. The van der Waals surface area contributed by atoms with E-state index in [0.29, 0.717) is 24.8 Å². The fraction of sp³-hybridized carbons (Fsp3) is 0.909. The first-order chi connectivity index (χ1) is 6.66. The highest BCUT2D eigenvalue weighted by atomic mass is 16.3. The fourth-order valence-electron chi connectivity index (χ4n) is 2.17. The average molecular weight is 199 g/mol. The van der Waals surface area contributed by atoms with Crippen molar-refractivity contribution in [3.05, 3.63) is 0 Å². The van der Waals surface area contributed by atoms with Gasteiger partial charge in [-0.05, 0) is 25.2 Å². The quantitative estimate of drug-likeness (QED) is 0.743. The third kappa shape index (κ3) is 2.71. The van der Waals surface area contributed by atoms with Gasteiger partial charge in [-0.2, -0.15) is 0 Å². The molecule has 1 saturated heterocycles. The molecule has 0 aromatic carbocycles. The van der Waals surface area contributed by atoms with Crippen molar-refractivity contribution in [1.82, 2.24) is 4.90 Å². The molecule has 3 nitrogen and oxygen atoms in total. The number of carbonyl (C=O) groups is 1. The van der Waals surface area contributed by atoms with E-state index in [1.165, 1.54) is 0 Å². The van der Waals surface area contributed by atoms with Gasteiger partial charge in [0.25, 0.3) is 0 Å². The first-order valence-corrected chi connectivity index (χ1v) is 5.57. The van der Waals surface area contributed by atoms with Crippen molar-refractivity contribution in [1.29, 1.82) is 0 Å². The molecule has 1 aliphatic heterocycles. The van der Waals surface area contributed by atoms with Crippen molar-refractivity contribution >= 4 is 5.91 Å². The zero-order valence-electron chi connectivity index (χ0n) is 9.20. The van der Waals surface area contributed by atoms with Crippen molar-refractivity contribution in [2.75, 3.05) is 13.2 Å². The molecule has 1 fully saturated rings. The molecule has 1 heterocycles. The first kappa shape index (κ1) is 11.5. The highest BCUT2D eigenvalue weighted by molar-refractivity contribution is 5.76. The summed E-state index contributed by atoms with van der Waals surface area (Å²) in [6.07, 6.45) is 3.37. The van der Waals surface area contributed by atoms with Gasteiger partial charge < -0.3 is 10.0 Å². The third-order valence-corrected chi connectivity index (χ3v) is 2.94. The van der Waals surface area contributed by atoms with Crippen LogP contribution in [-0.4, -0.2) is 35.1 Å². The van der Waals surface area contributed by atoms with Gasteiger partial charge in [0.1, 0.15) is 0 Å². The Morgan fingerprint density at radius 2 is 2.29 bits per heavy atom. The van der Waals surface area contributed by atoms with Crippen molar-refractivity contribution in [3.8, 4) is 0 Å². The van der Waals surface area contributed by atoms with E-state index < -0.39 is 0 Å². The summed E-state index contributed by atoms with van der Waals surface area (Å²) in [6.45, 7) is 5.36. The highest BCUT2D eigenvalue weighted by Gasteiger charge is 2.29. The van der Waals surface area contributed by atoms with Crippen molar-refractivity contribution in [3.63, 3.8) is 0 Å². The van der Waals surface area contributed by atoms with Crippen molar-refractivity contribution in [2.24, 2.45) is 5.92 Å². The van der Waals surface area contributed by atoms with Crippen LogP contribution in [0.25, 0.3) is 0 Å². The zero-order chi connectivity index (χ0) is 10.6. The van der Waals surface area contributed by atoms with Gasteiger partial charge in [0.05, 0.1) is 0 Å². The van der Waals surface area contributed by atoms with Gasteiger partial charge in [-0.1, -0.05) is 13.8 Å².